The number of aromatic nitrogens is 2. The van der Waals surface area contributed by atoms with Crippen LogP contribution in [-0.2, 0) is 32.2 Å². The molecular weight excluding hydrogens is 1030 g/mol. The Morgan fingerprint density at radius 3 is 1.38 bits per heavy atom. The van der Waals surface area contributed by atoms with Crippen LogP contribution in [-0.4, -0.2) is 88.0 Å². The van der Waals surface area contributed by atoms with Gasteiger partial charge in [-0.2, -0.15) is 10.5 Å². The van der Waals surface area contributed by atoms with E-state index in [1.165, 1.54) is 56.7 Å². The average molecular weight is 1080 g/mol. The van der Waals surface area contributed by atoms with E-state index >= 15 is 0 Å². The molecule has 10 atom stereocenters. The third-order valence-corrected chi connectivity index (χ3v) is 18.8. The molecule has 4 aliphatic rings. The Bertz CT molecular complexity index is 3650. The van der Waals surface area contributed by atoms with Gasteiger partial charge >= 0.3 is 0 Å². The molecule has 4 heterocycles. The Balaban J connectivity index is 0.000000171. The van der Waals surface area contributed by atoms with E-state index < -0.39 is 66.8 Å². The molecule has 8 aromatic rings. The lowest BCUT2D eigenvalue weighted by Crippen LogP contribution is -2.52. The van der Waals surface area contributed by atoms with Gasteiger partial charge in [0.1, 0.15) is 40.5 Å². The predicted octanol–water partition coefficient (Wildman–Crippen LogP) is 7.80. The molecule has 2 aliphatic carbocycles. The summed E-state index contributed by atoms with van der Waals surface area (Å²) in [6, 6.07) is 54.0. The van der Waals surface area contributed by atoms with Gasteiger partial charge in [-0.05, 0) is 70.8 Å². The third kappa shape index (κ3) is 7.92. The maximum atomic E-state index is 14.3. The van der Waals surface area contributed by atoms with Crippen molar-refractivity contribution >= 4 is 21.6 Å². The van der Waals surface area contributed by atoms with Gasteiger partial charge in [0.2, 0.25) is 0 Å². The quantitative estimate of drug-likeness (QED) is 0.0877. The van der Waals surface area contributed by atoms with Crippen LogP contribution in [0.25, 0.3) is 0 Å². The van der Waals surface area contributed by atoms with Crippen molar-refractivity contribution in [2.45, 2.75) is 66.7 Å². The molecule has 0 bridgehead atoms. The minimum absolute atomic E-state index is 0.00968. The number of ether oxygens (including phenoxy) is 4. The van der Waals surface area contributed by atoms with Gasteiger partial charge in [0, 0.05) is 23.2 Å². The van der Waals surface area contributed by atoms with E-state index in [0.29, 0.717) is 44.9 Å². The summed E-state index contributed by atoms with van der Waals surface area (Å²) in [5, 5.41) is 73.7. The molecule has 17 heteroatoms. The van der Waals surface area contributed by atoms with Gasteiger partial charge in [0.25, 0.3) is 0 Å². The normalized spacial score (nSPS) is 26.7. The summed E-state index contributed by atoms with van der Waals surface area (Å²) >= 11 is 1.51. The molecular formula is C61H52N4O11S2. The lowest BCUT2D eigenvalue weighted by molar-refractivity contribution is -0.149. The first-order chi connectivity index (χ1) is 37.8. The van der Waals surface area contributed by atoms with Gasteiger partial charge in [0.05, 0.1) is 84.2 Å². The Hall–Kier alpha value is -8.10. The summed E-state index contributed by atoms with van der Waals surface area (Å²) in [4.78, 5) is 9.40. The summed E-state index contributed by atoms with van der Waals surface area (Å²) in [5.74, 6) is -0.565. The number of fused-ring (bicyclic) bond motifs is 6. The second-order valence-electron chi connectivity index (χ2n) is 18.9. The zero-order valence-electron chi connectivity index (χ0n) is 42.2. The standard InChI is InChI=1S/C30H24N2O6S.C30H24N2O4S.CH4O/c1-37-23-17-32-18-24-26(23)29(34)28(33)27(39(35,36)22-10-6-3-7-11-22)25(20-8-4-2-5-9-20)30(29,38-24)21-14-12-19(16-31)13-15-21;1-35-23-17-32-18-24-26(23)29(34)28(33)27(37-22-10-6-3-7-11-22)25(20-8-4-2-5-9-20)30(29,36-24)21-14-12-19(16-31)13-15-21;1-2/h2-15,17-18,25,27-28,33-34H,1H3;2-15,17-18,25,27-28,33-34H,1H3;2H,1H3/t2*25-,27-,28-,29+,30+;/m11./s1. The van der Waals surface area contributed by atoms with Crippen molar-refractivity contribution < 1.29 is 52.9 Å². The van der Waals surface area contributed by atoms with E-state index in [0.717, 1.165) is 17.6 Å². The number of sulfone groups is 1. The minimum Gasteiger partial charge on any atom is -0.495 e. The van der Waals surface area contributed by atoms with Crippen LogP contribution in [0.5, 0.6) is 23.0 Å². The monoisotopic (exact) mass is 1080 g/mol. The number of hydrogen-bond acceptors (Lipinski definition) is 16. The molecule has 0 radical (unpaired) electrons. The fraction of sp³-hybridized carbons (Fsp3) is 0.213. The summed E-state index contributed by atoms with van der Waals surface area (Å²) in [7, 11) is -0.337. The van der Waals surface area contributed by atoms with Crippen LogP contribution < -0.4 is 18.9 Å². The van der Waals surface area contributed by atoms with Crippen LogP contribution in [0.3, 0.4) is 0 Å². The Morgan fingerprint density at radius 1 is 0.551 bits per heavy atom. The van der Waals surface area contributed by atoms with Crippen molar-refractivity contribution in [2.24, 2.45) is 0 Å². The Labute approximate surface area is 455 Å². The Morgan fingerprint density at radius 2 is 0.949 bits per heavy atom. The van der Waals surface area contributed by atoms with Crippen molar-refractivity contribution in [2.75, 3.05) is 21.3 Å². The number of hydrogen-bond donors (Lipinski definition) is 5. The number of nitrogens with zero attached hydrogens (tertiary/aromatic N) is 4. The summed E-state index contributed by atoms with van der Waals surface area (Å²) in [6.45, 7) is 0. The van der Waals surface area contributed by atoms with Gasteiger partial charge in [-0.3, -0.25) is 9.97 Å². The number of rotatable bonds is 10. The molecule has 12 rings (SSSR count). The fourth-order valence-electron chi connectivity index (χ4n) is 12.2. The Kier molecular flexibility index (Phi) is 14.4. The van der Waals surface area contributed by atoms with Crippen molar-refractivity contribution in [1.29, 1.82) is 10.5 Å². The zero-order chi connectivity index (χ0) is 55.0. The van der Waals surface area contributed by atoms with Gasteiger partial charge in [0.15, 0.2) is 32.2 Å². The fourth-order valence-corrected chi connectivity index (χ4v) is 15.7. The molecule has 2 aliphatic heterocycles. The van der Waals surface area contributed by atoms with Crippen LogP contribution in [0.1, 0.15) is 56.3 Å². The van der Waals surface area contributed by atoms with E-state index in [-0.39, 0.29) is 22.0 Å². The van der Waals surface area contributed by atoms with Gasteiger partial charge in [-0.25, -0.2) is 8.42 Å². The first-order valence-corrected chi connectivity index (χ1v) is 27.1. The van der Waals surface area contributed by atoms with Crippen LogP contribution >= 0.6 is 11.8 Å². The first kappa shape index (κ1) is 53.3. The van der Waals surface area contributed by atoms with E-state index in [9.17, 15) is 39.4 Å². The third-order valence-electron chi connectivity index (χ3n) is 15.3. The minimum atomic E-state index is -4.25. The lowest BCUT2D eigenvalue weighted by atomic mass is 9.71. The molecule has 0 spiro atoms. The van der Waals surface area contributed by atoms with Crippen LogP contribution in [0.15, 0.2) is 204 Å². The lowest BCUT2D eigenvalue weighted by Gasteiger charge is -2.40. The van der Waals surface area contributed by atoms with E-state index in [1.807, 2.05) is 60.7 Å². The molecule has 15 nitrogen and oxygen atoms in total. The molecule has 0 saturated heterocycles. The second-order valence-corrected chi connectivity index (χ2v) is 22.3. The maximum Gasteiger partial charge on any atom is 0.184 e. The number of methoxy groups -OCH3 is 2. The summed E-state index contributed by atoms with van der Waals surface area (Å²) < 4.78 is 53.2. The number of pyridine rings is 2. The van der Waals surface area contributed by atoms with Crippen LogP contribution in [0.2, 0.25) is 0 Å². The van der Waals surface area contributed by atoms with E-state index in [4.69, 9.17) is 24.1 Å². The highest BCUT2D eigenvalue weighted by molar-refractivity contribution is 8.00. The smallest absolute Gasteiger partial charge is 0.184 e. The molecule has 78 heavy (non-hydrogen) atoms. The summed E-state index contributed by atoms with van der Waals surface area (Å²) in [6.07, 6.45) is 2.79. The average Bonchev–Trinajstić information content (AvgIpc) is 2.25. The molecule has 2 aromatic heterocycles. The molecule has 394 valence electrons. The van der Waals surface area contributed by atoms with Crippen molar-refractivity contribution in [1.82, 2.24) is 9.97 Å². The highest BCUT2D eigenvalue weighted by Crippen LogP contribution is 2.71. The molecule has 0 unspecified atom stereocenters. The summed E-state index contributed by atoms with van der Waals surface area (Å²) in [5.41, 5.74) is -3.56. The van der Waals surface area contributed by atoms with Crippen LogP contribution in [0, 0.1) is 22.7 Å². The topological polar surface area (TPSA) is 246 Å². The van der Waals surface area contributed by atoms with E-state index in [1.54, 1.807) is 103 Å². The van der Waals surface area contributed by atoms with Gasteiger partial charge in [-0.1, -0.05) is 121 Å². The number of benzene rings is 6. The van der Waals surface area contributed by atoms with Gasteiger partial charge in [-0.15, -0.1) is 11.8 Å². The molecule has 5 N–H and O–H groups in total. The van der Waals surface area contributed by atoms with E-state index in [2.05, 4.69) is 22.1 Å². The van der Waals surface area contributed by atoms with Crippen molar-refractivity contribution in [3.63, 3.8) is 0 Å². The SMILES string of the molecule is CO.COc1cncc2c1[C@]1(O)[C@H](O)[C@H](S(=O)(=O)c3ccccc3)[C@@H](c3ccccc3)[C@]1(c1ccc(C#N)cc1)O2.COc1cncc2c1[C@]1(O)[C@H](O)[C@H](Sc3ccccc3)[C@@H](c3ccccc3)[C@]1(c1ccc(C#N)cc1)O2. The molecule has 2 fully saturated rings. The first-order valence-electron chi connectivity index (χ1n) is 24.7. The number of aliphatic hydroxyl groups excluding tert-OH is 3. The van der Waals surface area contributed by atoms with Crippen LogP contribution in [0.4, 0.5) is 0 Å². The second kappa shape index (κ2) is 21.0. The number of thioether (sulfide) groups is 1. The number of nitriles is 2. The van der Waals surface area contributed by atoms with Crippen molar-refractivity contribution in [3.8, 4) is 35.1 Å². The van der Waals surface area contributed by atoms with Crippen molar-refractivity contribution in [3.05, 3.63) is 239 Å². The molecule has 6 aromatic carbocycles. The van der Waals surface area contributed by atoms with Gasteiger partial charge < -0.3 is 44.5 Å². The predicted molar refractivity (Wildman–Crippen MR) is 288 cm³/mol. The zero-order valence-corrected chi connectivity index (χ0v) is 43.9. The highest BCUT2D eigenvalue weighted by atomic mass is 32.2. The number of aliphatic hydroxyl groups is 5. The molecule has 2 saturated carbocycles. The highest BCUT2D eigenvalue weighted by Gasteiger charge is 2.80. The maximum absolute atomic E-state index is 14.3. The largest absolute Gasteiger partial charge is 0.495 e. The molecule has 0 amide bonds.